The van der Waals surface area contributed by atoms with E-state index >= 15 is 0 Å². The number of hydrogen-bond acceptors (Lipinski definition) is 4. The zero-order valence-electron chi connectivity index (χ0n) is 16.8. The Balaban J connectivity index is 1.39. The zero-order chi connectivity index (χ0) is 19.8. The molecule has 1 saturated heterocycles. The summed E-state index contributed by atoms with van der Waals surface area (Å²) in [4.78, 5) is 9.39. The molecular formula is C20H30BrN7. The summed E-state index contributed by atoms with van der Waals surface area (Å²) in [6.07, 6.45) is 5.72. The quantitative estimate of drug-likeness (QED) is 0.401. The van der Waals surface area contributed by atoms with E-state index in [9.17, 15) is 0 Å². The number of benzene rings is 1. The van der Waals surface area contributed by atoms with Crippen LogP contribution in [0.2, 0.25) is 0 Å². The maximum Gasteiger partial charge on any atom is 0.193 e. The fraction of sp³-hybridized carbons (Fsp3) is 0.550. The molecule has 0 saturated carbocycles. The lowest BCUT2D eigenvalue weighted by atomic mass is 10.1. The number of piperazine rings is 1. The number of nitrogens with zero attached hydrogens (tertiary/aromatic N) is 6. The fourth-order valence-corrected chi connectivity index (χ4v) is 3.83. The molecule has 1 atom stereocenters. The number of aromatic nitrogens is 3. The van der Waals surface area contributed by atoms with Gasteiger partial charge < -0.3 is 14.8 Å². The van der Waals surface area contributed by atoms with Crippen LogP contribution in [0.1, 0.15) is 31.4 Å². The van der Waals surface area contributed by atoms with Gasteiger partial charge in [-0.1, -0.05) is 28.1 Å². The Hall–Kier alpha value is -1.93. The van der Waals surface area contributed by atoms with E-state index < -0.39 is 0 Å². The predicted molar refractivity (Wildman–Crippen MR) is 116 cm³/mol. The first-order valence-corrected chi connectivity index (χ1v) is 10.7. The highest BCUT2D eigenvalue weighted by molar-refractivity contribution is 9.10. The smallest absolute Gasteiger partial charge is 0.193 e. The van der Waals surface area contributed by atoms with Gasteiger partial charge in [-0.2, -0.15) is 0 Å². The van der Waals surface area contributed by atoms with Crippen LogP contribution in [0.5, 0.6) is 0 Å². The van der Waals surface area contributed by atoms with Gasteiger partial charge in [-0.25, -0.2) is 0 Å². The van der Waals surface area contributed by atoms with Gasteiger partial charge in [-0.05, 0) is 37.5 Å². The van der Waals surface area contributed by atoms with Gasteiger partial charge in [0, 0.05) is 56.8 Å². The lowest BCUT2D eigenvalue weighted by Crippen LogP contribution is -2.52. The molecule has 8 heteroatoms. The highest BCUT2D eigenvalue weighted by Crippen LogP contribution is 2.23. The molecule has 1 aliphatic heterocycles. The molecule has 1 unspecified atom stereocenters. The van der Waals surface area contributed by atoms with Gasteiger partial charge in [-0.3, -0.25) is 9.89 Å². The van der Waals surface area contributed by atoms with Crippen LogP contribution >= 0.6 is 15.9 Å². The number of aliphatic imine (C=N–C) groups is 1. The van der Waals surface area contributed by atoms with Crippen molar-refractivity contribution in [3.8, 4) is 0 Å². The van der Waals surface area contributed by atoms with Crippen LogP contribution in [0.3, 0.4) is 0 Å². The largest absolute Gasteiger partial charge is 0.356 e. The lowest BCUT2D eigenvalue weighted by Gasteiger charge is -2.39. The SMILES string of the molecule is CN=C(NCCCCn1cnnc1)N1CCN(C(C)c2ccc(Br)cc2)CC1. The van der Waals surface area contributed by atoms with Crippen molar-refractivity contribution in [2.75, 3.05) is 39.8 Å². The summed E-state index contributed by atoms with van der Waals surface area (Å²) in [7, 11) is 1.87. The number of unbranched alkanes of at least 4 members (excludes halogenated alkanes) is 1. The van der Waals surface area contributed by atoms with Crippen molar-refractivity contribution in [1.29, 1.82) is 0 Å². The average molecular weight is 448 g/mol. The molecule has 152 valence electrons. The van der Waals surface area contributed by atoms with Crippen molar-refractivity contribution in [2.45, 2.75) is 32.4 Å². The molecule has 0 bridgehead atoms. The number of nitrogens with one attached hydrogen (secondary N) is 1. The molecule has 1 aromatic heterocycles. The van der Waals surface area contributed by atoms with Gasteiger partial charge in [-0.15, -0.1) is 10.2 Å². The van der Waals surface area contributed by atoms with Gasteiger partial charge in [0.05, 0.1) is 0 Å². The standard InChI is InChI=1S/C20H30BrN7/c1-17(18-5-7-19(21)8-6-18)27-11-13-28(14-12-27)20(22-2)23-9-3-4-10-26-15-24-25-16-26/h5-8,15-17H,3-4,9-14H2,1-2H3,(H,22,23). The van der Waals surface area contributed by atoms with Crippen LogP contribution in [0, 0.1) is 0 Å². The number of aryl methyl sites for hydroxylation is 1. The van der Waals surface area contributed by atoms with Crippen molar-refractivity contribution in [3.63, 3.8) is 0 Å². The topological polar surface area (TPSA) is 61.6 Å². The molecule has 0 radical (unpaired) electrons. The molecule has 1 fully saturated rings. The van der Waals surface area contributed by atoms with Crippen LogP contribution in [-0.4, -0.2) is 70.3 Å². The normalized spacial score (nSPS) is 17.0. The maximum atomic E-state index is 4.48. The van der Waals surface area contributed by atoms with E-state index in [0.717, 1.165) is 62.5 Å². The first kappa shape index (κ1) is 20.8. The summed E-state index contributed by atoms with van der Waals surface area (Å²) < 4.78 is 3.14. The maximum absolute atomic E-state index is 4.48. The molecule has 7 nitrogen and oxygen atoms in total. The van der Waals surface area contributed by atoms with Crippen molar-refractivity contribution in [3.05, 3.63) is 47.0 Å². The monoisotopic (exact) mass is 447 g/mol. The Kier molecular flexibility index (Phi) is 7.85. The highest BCUT2D eigenvalue weighted by Gasteiger charge is 2.23. The van der Waals surface area contributed by atoms with E-state index in [1.165, 1.54) is 5.56 Å². The second kappa shape index (κ2) is 10.6. The summed E-state index contributed by atoms with van der Waals surface area (Å²) in [6, 6.07) is 9.10. The molecule has 28 heavy (non-hydrogen) atoms. The van der Waals surface area contributed by atoms with Crippen molar-refractivity contribution in [1.82, 2.24) is 29.9 Å². The van der Waals surface area contributed by atoms with E-state index in [0.29, 0.717) is 6.04 Å². The fourth-order valence-electron chi connectivity index (χ4n) is 3.56. The number of halogens is 1. The second-order valence-electron chi connectivity index (χ2n) is 7.13. The molecule has 2 heterocycles. The molecule has 1 N–H and O–H groups in total. The minimum Gasteiger partial charge on any atom is -0.356 e. The van der Waals surface area contributed by atoms with Gasteiger partial charge in [0.1, 0.15) is 12.7 Å². The van der Waals surface area contributed by atoms with Crippen LogP contribution in [0.4, 0.5) is 0 Å². The number of guanidine groups is 1. The van der Waals surface area contributed by atoms with E-state index in [2.05, 4.69) is 77.4 Å². The minimum absolute atomic E-state index is 0.433. The molecule has 3 rings (SSSR count). The van der Waals surface area contributed by atoms with Crippen LogP contribution in [-0.2, 0) is 6.54 Å². The summed E-state index contributed by atoms with van der Waals surface area (Å²) in [5.41, 5.74) is 1.37. The summed E-state index contributed by atoms with van der Waals surface area (Å²) in [6.45, 7) is 8.28. The first-order valence-electron chi connectivity index (χ1n) is 9.95. The first-order chi connectivity index (χ1) is 13.7. The van der Waals surface area contributed by atoms with E-state index in [1.54, 1.807) is 12.7 Å². The van der Waals surface area contributed by atoms with Gasteiger partial charge in [0.2, 0.25) is 0 Å². The third-order valence-electron chi connectivity index (χ3n) is 5.32. The summed E-state index contributed by atoms with van der Waals surface area (Å²) in [5.74, 6) is 1.01. The van der Waals surface area contributed by atoms with Crippen molar-refractivity contribution < 1.29 is 0 Å². The Bertz CT molecular complexity index is 722. The van der Waals surface area contributed by atoms with Crippen LogP contribution < -0.4 is 5.32 Å². The van der Waals surface area contributed by atoms with Gasteiger partial charge >= 0.3 is 0 Å². The van der Waals surface area contributed by atoms with Gasteiger partial charge in [0.15, 0.2) is 5.96 Å². The van der Waals surface area contributed by atoms with E-state index in [4.69, 9.17) is 0 Å². The van der Waals surface area contributed by atoms with Crippen LogP contribution in [0.25, 0.3) is 0 Å². The third-order valence-corrected chi connectivity index (χ3v) is 5.85. The Morgan fingerprint density at radius 3 is 2.43 bits per heavy atom. The van der Waals surface area contributed by atoms with E-state index in [-0.39, 0.29) is 0 Å². The third kappa shape index (κ3) is 5.78. The Morgan fingerprint density at radius 1 is 1.11 bits per heavy atom. The number of rotatable bonds is 7. The predicted octanol–water partition coefficient (Wildman–Crippen LogP) is 2.78. The van der Waals surface area contributed by atoms with Crippen molar-refractivity contribution >= 4 is 21.9 Å². The van der Waals surface area contributed by atoms with Crippen molar-refractivity contribution in [2.24, 2.45) is 4.99 Å². The highest BCUT2D eigenvalue weighted by atomic mass is 79.9. The zero-order valence-corrected chi connectivity index (χ0v) is 18.3. The molecule has 0 amide bonds. The molecule has 0 spiro atoms. The number of hydrogen-bond donors (Lipinski definition) is 1. The van der Waals surface area contributed by atoms with Crippen LogP contribution in [0.15, 0.2) is 46.4 Å². The average Bonchev–Trinajstić information content (AvgIpc) is 3.24. The molecule has 1 aliphatic rings. The summed E-state index contributed by atoms with van der Waals surface area (Å²) >= 11 is 3.52. The van der Waals surface area contributed by atoms with Gasteiger partial charge in [0.25, 0.3) is 0 Å². The molecule has 0 aliphatic carbocycles. The minimum atomic E-state index is 0.433. The Labute approximate surface area is 176 Å². The molecular weight excluding hydrogens is 418 g/mol. The molecule has 2 aromatic rings. The van der Waals surface area contributed by atoms with E-state index in [1.807, 2.05) is 11.6 Å². The Morgan fingerprint density at radius 2 is 1.79 bits per heavy atom. The lowest BCUT2D eigenvalue weighted by molar-refractivity contribution is 0.138. The molecule has 1 aromatic carbocycles. The second-order valence-corrected chi connectivity index (χ2v) is 8.05. The summed E-state index contributed by atoms with van der Waals surface area (Å²) in [5, 5.41) is 11.2.